The van der Waals surface area contributed by atoms with Gasteiger partial charge in [-0.1, -0.05) is 30.3 Å². The number of H-pyrrole nitrogens is 1. The lowest BCUT2D eigenvalue weighted by Gasteiger charge is -2.12. The number of aromatic nitrogens is 1. The SMILES string of the molecule is O=C(O)C(F)(F)c1c[nH]c(=O)c(Cc2ccccc2)c1. The number of carboxylic acids is 1. The number of aliphatic carboxylic acids is 1. The lowest BCUT2D eigenvalue weighted by atomic mass is 10.0. The van der Waals surface area contributed by atoms with E-state index in [0.29, 0.717) is 0 Å². The first-order valence-electron chi connectivity index (χ1n) is 5.78. The molecule has 6 heteroatoms. The summed E-state index contributed by atoms with van der Waals surface area (Å²) in [4.78, 5) is 24.3. The highest BCUT2D eigenvalue weighted by Crippen LogP contribution is 2.27. The molecule has 0 aliphatic heterocycles. The smallest absolute Gasteiger partial charge is 0.379 e. The molecule has 0 atom stereocenters. The maximum absolute atomic E-state index is 13.4. The van der Waals surface area contributed by atoms with Crippen molar-refractivity contribution >= 4 is 5.97 Å². The Labute approximate surface area is 112 Å². The van der Waals surface area contributed by atoms with E-state index in [1.807, 2.05) is 0 Å². The van der Waals surface area contributed by atoms with Crippen molar-refractivity contribution in [2.75, 3.05) is 0 Å². The number of halogens is 2. The summed E-state index contributed by atoms with van der Waals surface area (Å²) in [5.74, 6) is -6.29. The predicted octanol–water partition coefficient (Wildman–Crippen LogP) is 2.14. The summed E-state index contributed by atoms with van der Waals surface area (Å²) in [7, 11) is 0. The second-order valence-electron chi connectivity index (χ2n) is 4.28. The Kier molecular flexibility index (Phi) is 3.65. The summed E-state index contributed by atoms with van der Waals surface area (Å²) in [6.07, 6.45) is 0.880. The van der Waals surface area contributed by atoms with Gasteiger partial charge in [-0.3, -0.25) is 4.79 Å². The van der Waals surface area contributed by atoms with E-state index in [9.17, 15) is 18.4 Å². The van der Waals surface area contributed by atoms with Gasteiger partial charge >= 0.3 is 11.9 Å². The van der Waals surface area contributed by atoms with E-state index < -0.39 is 23.0 Å². The summed E-state index contributed by atoms with van der Waals surface area (Å²) < 4.78 is 26.8. The van der Waals surface area contributed by atoms with Gasteiger partial charge in [0.15, 0.2) is 0 Å². The predicted molar refractivity (Wildman–Crippen MR) is 67.8 cm³/mol. The highest BCUT2D eigenvalue weighted by molar-refractivity contribution is 5.77. The van der Waals surface area contributed by atoms with E-state index in [4.69, 9.17) is 5.11 Å². The van der Waals surface area contributed by atoms with Gasteiger partial charge in [-0.2, -0.15) is 8.78 Å². The van der Waals surface area contributed by atoms with Crippen LogP contribution in [0, 0.1) is 0 Å². The third-order valence-corrected chi connectivity index (χ3v) is 2.85. The van der Waals surface area contributed by atoms with Crippen LogP contribution in [0.25, 0.3) is 0 Å². The van der Waals surface area contributed by atoms with Crippen LogP contribution in [-0.4, -0.2) is 16.1 Å². The Morgan fingerprint density at radius 2 is 1.90 bits per heavy atom. The lowest BCUT2D eigenvalue weighted by Crippen LogP contribution is -2.27. The molecule has 0 saturated heterocycles. The number of hydrogen-bond acceptors (Lipinski definition) is 2. The van der Waals surface area contributed by atoms with Gasteiger partial charge in [-0.25, -0.2) is 4.79 Å². The first kappa shape index (κ1) is 13.9. The Morgan fingerprint density at radius 1 is 1.25 bits per heavy atom. The van der Waals surface area contributed by atoms with Crippen molar-refractivity contribution in [1.29, 1.82) is 0 Å². The molecule has 0 fully saturated rings. The van der Waals surface area contributed by atoms with Crippen LogP contribution < -0.4 is 5.56 Å². The molecule has 0 unspecified atom stereocenters. The molecule has 0 aliphatic rings. The summed E-state index contributed by atoms with van der Waals surface area (Å²) in [5, 5.41) is 8.50. The molecule has 4 nitrogen and oxygen atoms in total. The van der Waals surface area contributed by atoms with Gasteiger partial charge in [0.2, 0.25) is 0 Å². The fourth-order valence-corrected chi connectivity index (χ4v) is 1.78. The van der Waals surface area contributed by atoms with Crippen LogP contribution in [0.4, 0.5) is 8.78 Å². The number of carbonyl (C=O) groups is 1. The van der Waals surface area contributed by atoms with Crippen LogP contribution in [0.15, 0.2) is 47.4 Å². The van der Waals surface area contributed by atoms with Crippen LogP contribution in [0.2, 0.25) is 0 Å². The highest BCUT2D eigenvalue weighted by Gasteiger charge is 2.41. The molecular weight excluding hydrogens is 268 g/mol. The lowest BCUT2D eigenvalue weighted by molar-refractivity contribution is -0.166. The van der Waals surface area contributed by atoms with Crippen molar-refractivity contribution in [1.82, 2.24) is 4.98 Å². The third kappa shape index (κ3) is 2.74. The summed E-state index contributed by atoms with van der Waals surface area (Å²) in [6.45, 7) is 0. The van der Waals surface area contributed by atoms with Crippen molar-refractivity contribution in [3.05, 3.63) is 69.6 Å². The van der Waals surface area contributed by atoms with Gasteiger partial charge in [0, 0.05) is 23.7 Å². The molecule has 20 heavy (non-hydrogen) atoms. The first-order chi connectivity index (χ1) is 9.41. The quantitative estimate of drug-likeness (QED) is 0.900. The third-order valence-electron chi connectivity index (χ3n) is 2.85. The van der Waals surface area contributed by atoms with Crippen LogP contribution >= 0.6 is 0 Å². The number of nitrogens with one attached hydrogen (secondary N) is 1. The molecule has 0 aliphatic carbocycles. The molecule has 2 rings (SSSR count). The normalized spacial score (nSPS) is 11.3. The van der Waals surface area contributed by atoms with Crippen molar-refractivity contribution in [2.45, 2.75) is 12.3 Å². The Hall–Kier alpha value is -2.50. The zero-order valence-electron chi connectivity index (χ0n) is 10.3. The zero-order valence-corrected chi connectivity index (χ0v) is 10.3. The van der Waals surface area contributed by atoms with Gasteiger partial charge in [-0.05, 0) is 11.6 Å². The fourth-order valence-electron chi connectivity index (χ4n) is 1.78. The average Bonchev–Trinajstić information content (AvgIpc) is 2.42. The van der Waals surface area contributed by atoms with Gasteiger partial charge < -0.3 is 10.1 Å². The van der Waals surface area contributed by atoms with E-state index in [1.165, 1.54) is 0 Å². The average molecular weight is 279 g/mol. The zero-order chi connectivity index (χ0) is 14.8. The Balaban J connectivity index is 2.40. The minimum absolute atomic E-state index is 0.0922. The molecule has 0 amide bonds. The van der Waals surface area contributed by atoms with E-state index in [0.717, 1.165) is 17.8 Å². The van der Waals surface area contributed by atoms with Gasteiger partial charge in [0.25, 0.3) is 5.56 Å². The van der Waals surface area contributed by atoms with Crippen molar-refractivity contribution in [3.63, 3.8) is 0 Å². The van der Waals surface area contributed by atoms with E-state index in [2.05, 4.69) is 4.98 Å². The molecule has 104 valence electrons. The summed E-state index contributed by atoms with van der Waals surface area (Å²) in [6, 6.07) is 9.75. The van der Waals surface area contributed by atoms with Gasteiger partial charge in [-0.15, -0.1) is 0 Å². The fraction of sp³-hybridized carbons (Fsp3) is 0.143. The molecule has 2 aromatic rings. The molecule has 0 radical (unpaired) electrons. The van der Waals surface area contributed by atoms with E-state index in [1.54, 1.807) is 30.3 Å². The first-order valence-corrected chi connectivity index (χ1v) is 5.78. The highest BCUT2D eigenvalue weighted by atomic mass is 19.3. The van der Waals surface area contributed by atoms with Crippen LogP contribution in [-0.2, 0) is 17.1 Å². The summed E-state index contributed by atoms with van der Waals surface area (Å²) in [5.41, 5.74) is -0.391. The molecule has 1 heterocycles. The van der Waals surface area contributed by atoms with E-state index >= 15 is 0 Å². The second kappa shape index (κ2) is 5.24. The maximum atomic E-state index is 13.4. The number of aromatic amines is 1. The number of rotatable bonds is 4. The maximum Gasteiger partial charge on any atom is 0.379 e. The molecule has 1 aromatic carbocycles. The van der Waals surface area contributed by atoms with Crippen molar-refractivity contribution in [2.24, 2.45) is 0 Å². The Bertz CT molecular complexity index is 680. The standard InChI is InChI=1S/C14H11F2NO3/c15-14(16,13(19)20)11-7-10(12(18)17-8-11)6-9-4-2-1-3-5-9/h1-5,7-8H,6H2,(H,17,18)(H,19,20). The van der Waals surface area contributed by atoms with Crippen molar-refractivity contribution < 1.29 is 18.7 Å². The molecule has 1 aromatic heterocycles. The molecule has 2 N–H and O–H groups in total. The monoisotopic (exact) mass is 279 g/mol. The van der Waals surface area contributed by atoms with Gasteiger partial charge in [0.05, 0.1) is 0 Å². The number of alkyl halides is 2. The van der Waals surface area contributed by atoms with Crippen molar-refractivity contribution in [3.8, 4) is 0 Å². The van der Waals surface area contributed by atoms with Gasteiger partial charge in [0.1, 0.15) is 0 Å². The minimum Gasteiger partial charge on any atom is -0.477 e. The topological polar surface area (TPSA) is 70.2 Å². The number of benzene rings is 1. The van der Waals surface area contributed by atoms with Crippen LogP contribution in [0.1, 0.15) is 16.7 Å². The Morgan fingerprint density at radius 3 is 2.50 bits per heavy atom. The van der Waals surface area contributed by atoms with Crippen LogP contribution in [0.5, 0.6) is 0 Å². The molecular formula is C14H11F2NO3. The number of hydrogen-bond donors (Lipinski definition) is 2. The largest absolute Gasteiger partial charge is 0.477 e. The minimum atomic E-state index is -4.03. The molecule has 0 bridgehead atoms. The van der Waals surface area contributed by atoms with Crippen LogP contribution in [0.3, 0.4) is 0 Å². The molecule has 0 saturated carbocycles. The van der Waals surface area contributed by atoms with E-state index in [-0.39, 0.29) is 12.0 Å². The number of pyridine rings is 1. The second-order valence-corrected chi connectivity index (χ2v) is 4.28. The number of carboxylic acid groups (broad SMARTS) is 1. The molecule has 0 spiro atoms. The summed E-state index contributed by atoms with van der Waals surface area (Å²) >= 11 is 0.